The van der Waals surface area contributed by atoms with E-state index in [1.54, 1.807) is 6.20 Å². The fraction of sp³-hybridized carbons (Fsp3) is 0.444. The minimum atomic E-state index is -4.68. The number of carbonyl (C=O) groups is 1. The first kappa shape index (κ1) is 18.9. The van der Waals surface area contributed by atoms with Crippen LogP contribution in [0.15, 0.2) is 24.7 Å². The van der Waals surface area contributed by atoms with Crippen molar-refractivity contribution >= 4 is 23.1 Å². The summed E-state index contributed by atoms with van der Waals surface area (Å²) in [5.41, 5.74) is -1.18. The monoisotopic (exact) mass is 420 g/mol. The van der Waals surface area contributed by atoms with Crippen LogP contribution in [0.25, 0.3) is 5.65 Å². The quantitative estimate of drug-likeness (QED) is 0.670. The van der Waals surface area contributed by atoms with Crippen LogP contribution in [0, 0.1) is 0 Å². The van der Waals surface area contributed by atoms with Crippen LogP contribution in [0.1, 0.15) is 28.9 Å². The minimum Gasteiger partial charge on any atom is -0.351 e. The first-order valence-electron chi connectivity index (χ1n) is 9.56. The van der Waals surface area contributed by atoms with Gasteiger partial charge in [0.15, 0.2) is 11.3 Å². The number of nitrogens with one attached hydrogen (secondary N) is 2. The van der Waals surface area contributed by atoms with Gasteiger partial charge in [0.25, 0.3) is 5.91 Å². The van der Waals surface area contributed by atoms with Crippen molar-refractivity contribution < 1.29 is 18.0 Å². The van der Waals surface area contributed by atoms with E-state index in [0.29, 0.717) is 12.1 Å². The van der Waals surface area contributed by atoms with Crippen molar-refractivity contribution in [2.24, 2.45) is 7.05 Å². The second kappa shape index (κ2) is 6.69. The Hall–Kier alpha value is -3.15. The van der Waals surface area contributed by atoms with Gasteiger partial charge in [-0.05, 0) is 18.9 Å². The maximum Gasteiger partial charge on any atom is 0.437 e. The van der Waals surface area contributed by atoms with Crippen LogP contribution in [0.5, 0.6) is 0 Å². The zero-order chi connectivity index (χ0) is 21.0. The lowest BCUT2D eigenvalue weighted by Gasteiger charge is -2.46. The highest BCUT2D eigenvalue weighted by atomic mass is 19.4. The Bertz CT molecular complexity index is 1110. The second-order valence-corrected chi connectivity index (χ2v) is 7.62. The van der Waals surface area contributed by atoms with E-state index in [1.165, 1.54) is 17.8 Å². The molecule has 30 heavy (non-hydrogen) atoms. The number of carbonyl (C=O) groups excluding carboxylic acids is 1. The standard InChI is InChI=1S/C18H19F3N8O/c1-27-9-13(15(26-27)18(19,20)21)24-17(30)12-7-23-29-5-4-14(25-16(12)29)28-8-10-2-3-11(28)6-22-10/h4-5,7,9-11,22H,2-3,6,8H2,1H3,(H,24,30)/t10-,11+/m1/s1. The van der Waals surface area contributed by atoms with Gasteiger partial charge < -0.3 is 15.5 Å². The van der Waals surface area contributed by atoms with Crippen LogP contribution in [0.4, 0.5) is 24.7 Å². The Balaban J connectivity index is 1.46. The van der Waals surface area contributed by atoms with Gasteiger partial charge in [0.2, 0.25) is 0 Å². The molecule has 0 aliphatic carbocycles. The number of amides is 1. The Morgan fingerprint density at radius 2 is 2.17 bits per heavy atom. The van der Waals surface area contributed by atoms with Gasteiger partial charge in [-0.15, -0.1) is 0 Å². The highest BCUT2D eigenvalue weighted by Gasteiger charge is 2.38. The van der Waals surface area contributed by atoms with E-state index < -0.39 is 23.5 Å². The van der Waals surface area contributed by atoms with Crippen molar-refractivity contribution in [1.29, 1.82) is 0 Å². The summed E-state index contributed by atoms with van der Waals surface area (Å²) in [6, 6.07) is 2.58. The first-order chi connectivity index (χ1) is 14.3. The average Bonchev–Trinajstić information content (AvgIpc) is 3.31. The number of piperidine rings is 2. The third-order valence-electron chi connectivity index (χ3n) is 5.59. The number of piperazine rings is 1. The van der Waals surface area contributed by atoms with Crippen LogP contribution >= 0.6 is 0 Å². The van der Waals surface area contributed by atoms with E-state index in [2.05, 4.69) is 30.7 Å². The molecule has 0 unspecified atom stereocenters. The highest BCUT2D eigenvalue weighted by Crippen LogP contribution is 2.34. The predicted molar refractivity (Wildman–Crippen MR) is 101 cm³/mol. The lowest BCUT2D eigenvalue weighted by atomic mass is 9.93. The number of aryl methyl sites for hydroxylation is 1. The van der Waals surface area contributed by atoms with E-state index in [9.17, 15) is 18.0 Å². The van der Waals surface area contributed by atoms with Crippen LogP contribution < -0.4 is 15.5 Å². The molecule has 3 aliphatic rings. The predicted octanol–water partition coefficient (Wildman–Crippen LogP) is 1.67. The lowest BCUT2D eigenvalue weighted by Crippen LogP contribution is -2.61. The molecule has 1 amide bonds. The number of hydrogen-bond acceptors (Lipinski definition) is 6. The molecule has 9 nitrogen and oxygen atoms in total. The molecule has 0 aromatic carbocycles. The number of nitrogens with zero attached hydrogens (tertiary/aromatic N) is 6. The second-order valence-electron chi connectivity index (χ2n) is 7.62. The molecular weight excluding hydrogens is 401 g/mol. The molecule has 0 saturated carbocycles. The normalized spacial score (nSPS) is 21.4. The van der Waals surface area contributed by atoms with Crippen molar-refractivity contribution in [3.05, 3.63) is 35.9 Å². The van der Waals surface area contributed by atoms with Gasteiger partial charge in [-0.2, -0.15) is 23.4 Å². The molecule has 3 saturated heterocycles. The van der Waals surface area contributed by atoms with E-state index in [1.807, 2.05) is 6.07 Å². The molecule has 3 aromatic rings. The van der Waals surface area contributed by atoms with E-state index in [-0.39, 0.29) is 11.2 Å². The minimum absolute atomic E-state index is 0.0918. The molecule has 6 rings (SSSR count). The third-order valence-corrected chi connectivity index (χ3v) is 5.59. The molecule has 2 N–H and O–H groups in total. The number of aromatic nitrogens is 5. The molecule has 2 atom stereocenters. The Morgan fingerprint density at radius 3 is 2.83 bits per heavy atom. The van der Waals surface area contributed by atoms with Gasteiger partial charge in [-0.3, -0.25) is 9.48 Å². The van der Waals surface area contributed by atoms with Gasteiger partial charge >= 0.3 is 6.18 Å². The summed E-state index contributed by atoms with van der Waals surface area (Å²) in [4.78, 5) is 19.6. The van der Waals surface area contributed by atoms with Crippen molar-refractivity contribution in [1.82, 2.24) is 29.7 Å². The van der Waals surface area contributed by atoms with Gasteiger partial charge in [0.1, 0.15) is 11.4 Å². The van der Waals surface area contributed by atoms with Gasteiger partial charge in [0, 0.05) is 44.6 Å². The van der Waals surface area contributed by atoms with Gasteiger partial charge in [-0.25, -0.2) is 9.50 Å². The Kier molecular flexibility index (Phi) is 4.20. The molecule has 3 aromatic heterocycles. The van der Waals surface area contributed by atoms with E-state index >= 15 is 0 Å². The summed E-state index contributed by atoms with van der Waals surface area (Å²) in [6.07, 6.45) is 1.62. The topological polar surface area (TPSA) is 92.4 Å². The summed E-state index contributed by atoms with van der Waals surface area (Å²) in [5, 5.41) is 13.3. The smallest absolute Gasteiger partial charge is 0.351 e. The number of fused-ring (bicyclic) bond motifs is 4. The van der Waals surface area contributed by atoms with Crippen LogP contribution in [-0.2, 0) is 13.2 Å². The van der Waals surface area contributed by atoms with Crippen LogP contribution in [0.3, 0.4) is 0 Å². The largest absolute Gasteiger partial charge is 0.437 e. The van der Waals surface area contributed by atoms with Crippen molar-refractivity contribution in [2.75, 3.05) is 23.3 Å². The summed E-state index contributed by atoms with van der Waals surface area (Å²) >= 11 is 0. The van der Waals surface area contributed by atoms with Crippen molar-refractivity contribution in [3.8, 4) is 0 Å². The van der Waals surface area contributed by atoms with Crippen molar-refractivity contribution in [3.63, 3.8) is 0 Å². The van der Waals surface area contributed by atoms with E-state index in [4.69, 9.17) is 0 Å². The Morgan fingerprint density at radius 1 is 1.33 bits per heavy atom. The molecule has 12 heteroatoms. The number of hydrogen-bond donors (Lipinski definition) is 2. The van der Waals surface area contributed by atoms with Crippen LogP contribution in [0.2, 0.25) is 0 Å². The summed E-state index contributed by atoms with van der Waals surface area (Å²) in [5.74, 6) is 0.000546. The van der Waals surface area contributed by atoms with E-state index in [0.717, 1.165) is 42.6 Å². The zero-order valence-corrected chi connectivity index (χ0v) is 16.0. The summed E-state index contributed by atoms with van der Waals surface area (Å²) in [6.45, 7) is 1.71. The van der Waals surface area contributed by atoms with Gasteiger partial charge in [0.05, 0.1) is 11.9 Å². The molecule has 158 valence electrons. The number of anilines is 2. The number of rotatable bonds is 3. The Labute approximate surface area is 168 Å². The first-order valence-corrected chi connectivity index (χ1v) is 9.56. The number of halogens is 3. The molecular formula is C18H19F3N8O. The fourth-order valence-electron chi connectivity index (χ4n) is 4.15. The summed E-state index contributed by atoms with van der Waals surface area (Å²) in [7, 11) is 1.36. The molecule has 6 heterocycles. The molecule has 0 radical (unpaired) electrons. The van der Waals surface area contributed by atoms with Gasteiger partial charge in [-0.1, -0.05) is 0 Å². The molecule has 0 spiro atoms. The maximum atomic E-state index is 13.2. The zero-order valence-electron chi connectivity index (χ0n) is 16.0. The average molecular weight is 420 g/mol. The van der Waals surface area contributed by atoms with Crippen LogP contribution in [-0.4, -0.2) is 55.5 Å². The SMILES string of the molecule is Cn1cc(NC(=O)c2cnn3ccc(N4C[C@H]5CC[C@H]4CN5)nc23)c(C(F)(F)F)n1. The third kappa shape index (κ3) is 3.16. The lowest BCUT2D eigenvalue weighted by molar-refractivity contribution is -0.140. The fourth-order valence-corrected chi connectivity index (χ4v) is 4.15. The molecule has 2 bridgehead atoms. The highest BCUT2D eigenvalue weighted by molar-refractivity contribution is 6.08. The van der Waals surface area contributed by atoms with Crippen molar-refractivity contribution in [2.45, 2.75) is 31.1 Å². The number of alkyl halides is 3. The summed E-state index contributed by atoms with van der Waals surface area (Å²) < 4.78 is 42.0. The molecule has 3 aliphatic heterocycles. The molecule has 3 fully saturated rings. The maximum absolute atomic E-state index is 13.2.